The number of benzene rings is 1. The number of rotatable bonds is 2. The molecule has 4 nitrogen and oxygen atoms in total. The monoisotopic (exact) mass is 221 g/mol. The van der Waals surface area contributed by atoms with Crippen molar-refractivity contribution in [3.63, 3.8) is 0 Å². The van der Waals surface area contributed by atoms with Gasteiger partial charge >= 0.3 is 5.97 Å². The van der Waals surface area contributed by atoms with Crippen molar-refractivity contribution in [1.82, 2.24) is 0 Å². The average Bonchev–Trinajstić information content (AvgIpc) is 2.17. The average molecular weight is 221 g/mol. The highest BCUT2D eigenvalue weighted by atomic mass is 16.4. The second kappa shape index (κ2) is 4.35. The first-order chi connectivity index (χ1) is 7.36. The van der Waals surface area contributed by atoms with E-state index < -0.39 is 5.97 Å². The molecule has 0 bridgehead atoms. The van der Waals surface area contributed by atoms with Crippen LogP contribution in [0.5, 0.6) is 0 Å². The van der Waals surface area contributed by atoms with E-state index in [1.54, 1.807) is 18.2 Å². The molecule has 1 aromatic carbocycles. The molecule has 0 radical (unpaired) electrons. The Kier molecular flexibility index (Phi) is 3.32. The molecule has 0 fully saturated rings. The van der Waals surface area contributed by atoms with Gasteiger partial charge in [-0.15, -0.1) is 0 Å². The number of oxime groups is 1. The molecule has 0 heterocycles. The van der Waals surface area contributed by atoms with Crippen LogP contribution in [0, 0.1) is 0 Å². The molecule has 0 aliphatic rings. The van der Waals surface area contributed by atoms with Gasteiger partial charge in [0.15, 0.2) is 5.71 Å². The van der Waals surface area contributed by atoms with Gasteiger partial charge in [-0.2, -0.15) is 0 Å². The third kappa shape index (κ3) is 2.59. The summed E-state index contributed by atoms with van der Waals surface area (Å²) in [4.78, 5) is 10.8. The number of nitrogens with zero attached hydrogens (tertiary/aromatic N) is 1. The molecule has 16 heavy (non-hydrogen) atoms. The third-order valence-corrected chi connectivity index (χ3v) is 2.30. The Morgan fingerprint density at radius 3 is 2.38 bits per heavy atom. The molecular weight excluding hydrogens is 206 g/mol. The van der Waals surface area contributed by atoms with Gasteiger partial charge in [0.25, 0.3) is 0 Å². The fourth-order valence-electron chi connectivity index (χ4n) is 1.36. The molecule has 1 rings (SSSR count). The molecule has 0 aromatic heterocycles. The third-order valence-electron chi connectivity index (χ3n) is 2.30. The number of carboxylic acid groups (broad SMARTS) is 1. The zero-order valence-electron chi connectivity index (χ0n) is 9.56. The molecule has 0 saturated carbocycles. The fourth-order valence-corrected chi connectivity index (χ4v) is 1.36. The van der Waals surface area contributed by atoms with Crippen LogP contribution in [-0.2, 0) is 10.2 Å². The number of hydrogen-bond acceptors (Lipinski definition) is 3. The van der Waals surface area contributed by atoms with Crippen molar-refractivity contribution in [2.24, 2.45) is 5.16 Å². The van der Waals surface area contributed by atoms with Gasteiger partial charge in [-0.1, -0.05) is 44.1 Å². The second-order valence-electron chi connectivity index (χ2n) is 4.58. The van der Waals surface area contributed by atoms with Gasteiger partial charge < -0.3 is 10.3 Å². The lowest BCUT2D eigenvalue weighted by atomic mass is 9.86. The molecule has 0 unspecified atom stereocenters. The summed E-state index contributed by atoms with van der Waals surface area (Å²) in [7, 11) is 0. The van der Waals surface area contributed by atoms with Gasteiger partial charge in [-0.05, 0) is 17.0 Å². The smallest absolute Gasteiger partial charge is 0.358 e. The fraction of sp³-hybridized carbons (Fsp3) is 0.333. The normalized spacial score (nSPS) is 12.6. The molecular formula is C12H15NO3. The summed E-state index contributed by atoms with van der Waals surface area (Å²) < 4.78 is 0. The zero-order chi connectivity index (χ0) is 12.3. The second-order valence-corrected chi connectivity index (χ2v) is 4.58. The van der Waals surface area contributed by atoms with Crippen LogP contribution in [0.4, 0.5) is 0 Å². The lowest BCUT2D eigenvalue weighted by molar-refractivity contribution is -0.129. The Balaban J connectivity index is 3.23. The Morgan fingerprint density at radius 1 is 1.31 bits per heavy atom. The highest BCUT2D eigenvalue weighted by Gasteiger charge is 2.18. The quantitative estimate of drug-likeness (QED) is 0.457. The predicted octanol–water partition coefficient (Wildman–Crippen LogP) is 2.25. The maximum atomic E-state index is 10.8. The van der Waals surface area contributed by atoms with Crippen LogP contribution in [0.25, 0.3) is 0 Å². The van der Waals surface area contributed by atoms with E-state index in [4.69, 9.17) is 10.3 Å². The Bertz CT molecular complexity index is 430. The van der Waals surface area contributed by atoms with Crippen molar-refractivity contribution in [3.05, 3.63) is 35.4 Å². The topological polar surface area (TPSA) is 69.9 Å². The van der Waals surface area contributed by atoms with E-state index in [2.05, 4.69) is 5.16 Å². The maximum Gasteiger partial charge on any atom is 0.358 e. The number of aliphatic carboxylic acids is 1. The molecule has 0 aliphatic heterocycles. The summed E-state index contributed by atoms with van der Waals surface area (Å²) >= 11 is 0. The lowest BCUT2D eigenvalue weighted by Gasteiger charge is -2.19. The van der Waals surface area contributed by atoms with Crippen molar-refractivity contribution in [2.75, 3.05) is 0 Å². The van der Waals surface area contributed by atoms with Crippen LogP contribution in [0.3, 0.4) is 0 Å². The molecule has 4 heteroatoms. The van der Waals surface area contributed by atoms with Crippen molar-refractivity contribution in [2.45, 2.75) is 26.2 Å². The molecule has 2 N–H and O–H groups in total. The van der Waals surface area contributed by atoms with Gasteiger partial charge in [-0.25, -0.2) is 4.79 Å². The molecule has 86 valence electrons. The lowest BCUT2D eigenvalue weighted by Crippen LogP contribution is -2.17. The Hall–Kier alpha value is -1.84. The molecule has 0 atom stereocenters. The van der Waals surface area contributed by atoms with E-state index >= 15 is 0 Å². The summed E-state index contributed by atoms with van der Waals surface area (Å²) in [6.07, 6.45) is 0. The van der Waals surface area contributed by atoms with Crippen LogP contribution < -0.4 is 0 Å². The van der Waals surface area contributed by atoms with E-state index in [-0.39, 0.29) is 11.1 Å². The minimum atomic E-state index is -1.24. The Labute approximate surface area is 94.2 Å². The molecule has 0 saturated heterocycles. The SMILES string of the molecule is CC(C)(C)c1cccc(/C(=N/O)C(=O)O)c1. The minimum absolute atomic E-state index is 0.0743. The van der Waals surface area contributed by atoms with Gasteiger partial charge in [0.1, 0.15) is 0 Å². The van der Waals surface area contributed by atoms with Crippen molar-refractivity contribution in [1.29, 1.82) is 0 Å². The molecule has 0 aliphatic carbocycles. The first-order valence-corrected chi connectivity index (χ1v) is 4.92. The van der Waals surface area contributed by atoms with Gasteiger partial charge in [0.05, 0.1) is 0 Å². The molecule has 0 amide bonds. The van der Waals surface area contributed by atoms with Gasteiger partial charge in [0.2, 0.25) is 0 Å². The van der Waals surface area contributed by atoms with E-state index in [0.29, 0.717) is 5.56 Å². The van der Waals surface area contributed by atoms with Gasteiger partial charge in [0, 0.05) is 5.56 Å². The van der Waals surface area contributed by atoms with Crippen LogP contribution >= 0.6 is 0 Å². The van der Waals surface area contributed by atoms with E-state index in [9.17, 15) is 4.79 Å². The summed E-state index contributed by atoms with van der Waals surface area (Å²) in [6, 6.07) is 7.01. The highest BCUT2D eigenvalue weighted by molar-refractivity contribution is 6.42. The zero-order valence-corrected chi connectivity index (χ0v) is 9.56. The summed E-state index contributed by atoms with van der Waals surface area (Å²) in [5, 5.41) is 20.3. The van der Waals surface area contributed by atoms with Crippen molar-refractivity contribution >= 4 is 11.7 Å². The summed E-state index contributed by atoms with van der Waals surface area (Å²) in [5.41, 5.74) is 0.982. The van der Waals surface area contributed by atoms with Crippen LogP contribution in [0.1, 0.15) is 31.9 Å². The number of hydrogen-bond donors (Lipinski definition) is 2. The van der Waals surface area contributed by atoms with Crippen LogP contribution in [0.15, 0.2) is 29.4 Å². The molecule has 1 aromatic rings. The highest BCUT2D eigenvalue weighted by Crippen LogP contribution is 2.23. The summed E-state index contributed by atoms with van der Waals surface area (Å²) in [6.45, 7) is 6.09. The minimum Gasteiger partial charge on any atom is -0.476 e. The van der Waals surface area contributed by atoms with E-state index in [0.717, 1.165) is 5.56 Å². The van der Waals surface area contributed by atoms with Gasteiger partial charge in [-0.3, -0.25) is 0 Å². The standard InChI is InChI=1S/C12H15NO3/c1-12(2,3)9-6-4-5-8(7-9)10(13-16)11(14)15/h4-7,16H,1-3H3,(H,14,15)/b13-10-. The van der Waals surface area contributed by atoms with Crippen LogP contribution in [0.2, 0.25) is 0 Å². The molecule has 0 spiro atoms. The predicted molar refractivity (Wildman–Crippen MR) is 61.1 cm³/mol. The summed E-state index contributed by atoms with van der Waals surface area (Å²) in [5.74, 6) is -1.24. The Morgan fingerprint density at radius 2 is 1.94 bits per heavy atom. The number of carbonyl (C=O) groups is 1. The van der Waals surface area contributed by atoms with Crippen LogP contribution in [-0.4, -0.2) is 22.0 Å². The van der Waals surface area contributed by atoms with Crippen molar-refractivity contribution in [3.8, 4) is 0 Å². The van der Waals surface area contributed by atoms with E-state index in [1.165, 1.54) is 0 Å². The largest absolute Gasteiger partial charge is 0.476 e. The first kappa shape index (κ1) is 12.2. The maximum absolute atomic E-state index is 10.8. The van der Waals surface area contributed by atoms with Crippen molar-refractivity contribution < 1.29 is 15.1 Å². The van der Waals surface area contributed by atoms with E-state index in [1.807, 2.05) is 26.8 Å². The first-order valence-electron chi connectivity index (χ1n) is 4.92. The number of carboxylic acids is 1.